The highest BCUT2D eigenvalue weighted by Gasteiger charge is 2.28. The molecular weight excluding hydrogens is 312 g/mol. The molecule has 7 heteroatoms. The van der Waals surface area contributed by atoms with E-state index in [0.717, 1.165) is 24.2 Å². The highest BCUT2D eigenvalue weighted by atomic mass is 16.7. The second kappa shape index (κ2) is 6.16. The summed E-state index contributed by atoms with van der Waals surface area (Å²) in [7, 11) is 0. The van der Waals surface area contributed by atoms with Crippen LogP contribution in [0.15, 0.2) is 28.8 Å². The SMILES string of the molecule is O=C(NCC[C@H](O)c1ccc2c(c1)OCO2)c1cc(C2CC2)on1. The molecule has 0 bridgehead atoms. The van der Waals surface area contributed by atoms with Crippen molar-refractivity contribution in [1.29, 1.82) is 0 Å². The first kappa shape index (κ1) is 15.0. The van der Waals surface area contributed by atoms with Crippen molar-refractivity contribution in [3.05, 3.63) is 41.3 Å². The van der Waals surface area contributed by atoms with Crippen LogP contribution in [-0.2, 0) is 0 Å². The Kier molecular flexibility index (Phi) is 3.86. The molecule has 0 unspecified atom stereocenters. The van der Waals surface area contributed by atoms with E-state index in [4.69, 9.17) is 14.0 Å². The highest BCUT2D eigenvalue weighted by molar-refractivity contribution is 5.92. The van der Waals surface area contributed by atoms with Crippen molar-refractivity contribution in [2.24, 2.45) is 0 Å². The van der Waals surface area contributed by atoms with Crippen LogP contribution in [0.3, 0.4) is 0 Å². The Morgan fingerprint density at radius 3 is 2.96 bits per heavy atom. The number of fused-ring (bicyclic) bond motifs is 1. The number of carbonyl (C=O) groups is 1. The smallest absolute Gasteiger partial charge is 0.273 e. The third-order valence-corrected chi connectivity index (χ3v) is 4.23. The minimum Gasteiger partial charge on any atom is -0.454 e. The number of benzene rings is 1. The number of aliphatic hydroxyl groups excluding tert-OH is 1. The summed E-state index contributed by atoms with van der Waals surface area (Å²) in [5.74, 6) is 2.22. The average molecular weight is 330 g/mol. The van der Waals surface area contributed by atoms with E-state index >= 15 is 0 Å². The molecule has 1 aromatic heterocycles. The summed E-state index contributed by atoms with van der Waals surface area (Å²) < 4.78 is 15.7. The van der Waals surface area contributed by atoms with Gasteiger partial charge in [0.2, 0.25) is 6.79 Å². The van der Waals surface area contributed by atoms with E-state index in [1.165, 1.54) is 0 Å². The van der Waals surface area contributed by atoms with Crippen LogP contribution in [0, 0.1) is 0 Å². The van der Waals surface area contributed by atoms with Crippen molar-refractivity contribution in [3.8, 4) is 11.5 Å². The van der Waals surface area contributed by atoms with Gasteiger partial charge < -0.3 is 24.4 Å². The lowest BCUT2D eigenvalue weighted by molar-refractivity contribution is 0.0933. The Hall–Kier alpha value is -2.54. The molecule has 4 rings (SSSR count). The third-order valence-electron chi connectivity index (χ3n) is 4.23. The van der Waals surface area contributed by atoms with Gasteiger partial charge in [0.15, 0.2) is 17.2 Å². The van der Waals surface area contributed by atoms with Gasteiger partial charge in [-0.2, -0.15) is 0 Å². The summed E-state index contributed by atoms with van der Waals surface area (Å²) in [5, 5.41) is 16.8. The van der Waals surface area contributed by atoms with Gasteiger partial charge in [-0.15, -0.1) is 0 Å². The van der Waals surface area contributed by atoms with Gasteiger partial charge in [0.25, 0.3) is 5.91 Å². The first-order valence-electron chi connectivity index (χ1n) is 8.03. The van der Waals surface area contributed by atoms with Crippen molar-refractivity contribution < 1.29 is 23.9 Å². The topological polar surface area (TPSA) is 93.8 Å². The zero-order chi connectivity index (χ0) is 16.5. The molecule has 7 nitrogen and oxygen atoms in total. The van der Waals surface area contributed by atoms with E-state index in [1.807, 2.05) is 0 Å². The number of nitrogens with zero attached hydrogens (tertiary/aromatic N) is 1. The minimum atomic E-state index is -0.695. The summed E-state index contributed by atoms with van der Waals surface area (Å²) in [6.45, 7) is 0.533. The molecule has 24 heavy (non-hydrogen) atoms. The van der Waals surface area contributed by atoms with Crippen molar-refractivity contribution in [1.82, 2.24) is 10.5 Å². The first-order chi connectivity index (χ1) is 11.7. The molecule has 0 spiro atoms. The van der Waals surface area contributed by atoms with Gasteiger partial charge in [-0.25, -0.2) is 0 Å². The first-order valence-corrected chi connectivity index (χ1v) is 8.03. The van der Waals surface area contributed by atoms with Gasteiger partial charge in [0, 0.05) is 18.5 Å². The van der Waals surface area contributed by atoms with Gasteiger partial charge in [0.05, 0.1) is 6.10 Å². The fourth-order valence-electron chi connectivity index (χ4n) is 2.66. The van der Waals surface area contributed by atoms with Crippen molar-refractivity contribution in [2.75, 3.05) is 13.3 Å². The number of rotatable bonds is 6. The molecule has 0 radical (unpaired) electrons. The van der Waals surface area contributed by atoms with E-state index in [0.29, 0.717) is 30.4 Å². The fraction of sp³-hybridized carbons (Fsp3) is 0.412. The van der Waals surface area contributed by atoms with E-state index in [2.05, 4.69) is 10.5 Å². The predicted molar refractivity (Wildman–Crippen MR) is 83.0 cm³/mol. The Morgan fingerprint density at radius 1 is 1.29 bits per heavy atom. The van der Waals surface area contributed by atoms with Crippen LogP contribution >= 0.6 is 0 Å². The van der Waals surface area contributed by atoms with E-state index in [9.17, 15) is 9.90 Å². The lowest BCUT2D eigenvalue weighted by atomic mass is 10.1. The van der Waals surface area contributed by atoms with Crippen LogP contribution < -0.4 is 14.8 Å². The lowest BCUT2D eigenvalue weighted by Crippen LogP contribution is -2.25. The van der Waals surface area contributed by atoms with Crippen molar-refractivity contribution in [3.63, 3.8) is 0 Å². The van der Waals surface area contributed by atoms with Crippen LogP contribution in [0.25, 0.3) is 0 Å². The number of aromatic nitrogens is 1. The van der Waals surface area contributed by atoms with Crippen LogP contribution in [0.5, 0.6) is 11.5 Å². The molecule has 1 aliphatic heterocycles. The molecule has 1 atom stereocenters. The van der Waals surface area contributed by atoms with Gasteiger partial charge in [0.1, 0.15) is 5.76 Å². The monoisotopic (exact) mass is 330 g/mol. The Morgan fingerprint density at radius 2 is 2.12 bits per heavy atom. The van der Waals surface area contributed by atoms with Crippen LogP contribution in [0.2, 0.25) is 0 Å². The minimum absolute atomic E-state index is 0.200. The zero-order valence-electron chi connectivity index (χ0n) is 13.0. The van der Waals surface area contributed by atoms with Crippen LogP contribution in [0.1, 0.15) is 53.1 Å². The molecule has 126 valence electrons. The second-order valence-electron chi connectivity index (χ2n) is 6.06. The van der Waals surface area contributed by atoms with E-state index in [-0.39, 0.29) is 18.4 Å². The lowest BCUT2D eigenvalue weighted by Gasteiger charge is -2.11. The molecule has 2 aromatic rings. The average Bonchev–Trinajstić information content (AvgIpc) is 3.13. The molecule has 2 heterocycles. The van der Waals surface area contributed by atoms with E-state index in [1.54, 1.807) is 24.3 Å². The molecule has 1 amide bonds. The maximum atomic E-state index is 12.0. The number of ether oxygens (including phenoxy) is 2. The summed E-state index contributed by atoms with van der Waals surface area (Å²) >= 11 is 0. The third kappa shape index (κ3) is 3.07. The van der Waals surface area contributed by atoms with Gasteiger partial charge >= 0.3 is 0 Å². The maximum Gasteiger partial charge on any atom is 0.273 e. The highest BCUT2D eigenvalue weighted by Crippen LogP contribution is 2.40. The molecule has 1 aromatic carbocycles. The molecule has 1 fully saturated rings. The normalized spacial score (nSPS) is 16.9. The maximum absolute atomic E-state index is 12.0. The van der Waals surface area contributed by atoms with Gasteiger partial charge in [-0.1, -0.05) is 11.2 Å². The molecule has 1 aliphatic carbocycles. The number of amides is 1. The summed E-state index contributed by atoms with van der Waals surface area (Å²) in [4.78, 5) is 12.0. The number of aliphatic hydroxyl groups is 1. The molecular formula is C17H18N2O5. The summed E-state index contributed by atoms with van der Waals surface area (Å²) in [6, 6.07) is 7.02. The van der Waals surface area contributed by atoms with Crippen LogP contribution in [-0.4, -0.2) is 29.5 Å². The Balaban J connectivity index is 1.29. The quantitative estimate of drug-likeness (QED) is 0.843. The van der Waals surface area contributed by atoms with Crippen molar-refractivity contribution in [2.45, 2.75) is 31.3 Å². The number of carbonyl (C=O) groups excluding carboxylic acids is 1. The number of hydrogen-bond acceptors (Lipinski definition) is 6. The van der Waals surface area contributed by atoms with Gasteiger partial charge in [-0.05, 0) is 37.0 Å². The predicted octanol–water partition coefficient (Wildman–Crippen LogP) is 2.13. The number of hydrogen-bond donors (Lipinski definition) is 2. The van der Waals surface area contributed by atoms with Gasteiger partial charge in [-0.3, -0.25) is 4.79 Å². The Bertz CT molecular complexity index is 753. The molecule has 0 saturated heterocycles. The molecule has 2 aliphatic rings. The number of nitrogens with one attached hydrogen (secondary N) is 1. The summed E-state index contributed by atoms with van der Waals surface area (Å²) in [5.41, 5.74) is 1.01. The Labute approximate surface area is 138 Å². The molecule has 1 saturated carbocycles. The second-order valence-corrected chi connectivity index (χ2v) is 6.06. The van der Waals surface area contributed by atoms with Crippen molar-refractivity contribution >= 4 is 5.91 Å². The van der Waals surface area contributed by atoms with E-state index < -0.39 is 6.10 Å². The fourth-order valence-corrected chi connectivity index (χ4v) is 2.66. The summed E-state index contributed by atoms with van der Waals surface area (Å²) in [6.07, 6.45) is 1.88. The zero-order valence-corrected chi connectivity index (χ0v) is 13.0. The standard InChI is InChI=1S/C17H18N2O5/c20-13(11-3-4-14-16(7-11)23-9-22-14)5-6-18-17(21)12-8-15(24-19-12)10-1-2-10/h3-4,7-8,10,13,20H,1-2,5-6,9H2,(H,18,21)/t13-/m0/s1. The van der Waals surface area contributed by atoms with Crippen LogP contribution in [0.4, 0.5) is 0 Å². The molecule has 2 N–H and O–H groups in total. The largest absolute Gasteiger partial charge is 0.454 e.